The van der Waals surface area contributed by atoms with Crippen LogP contribution in [0.5, 0.6) is 0 Å². The van der Waals surface area contributed by atoms with E-state index in [0.717, 1.165) is 30.4 Å². The first-order valence-electron chi connectivity index (χ1n) is 9.57. The molecule has 0 N–H and O–H groups in total. The lowest BCUT2D eigenvalue weighted by Crippen LogP contribution is -2.14. The number of carbonyl (C=O) groups excluding carboxylic acids is 1. The van der Waals surface area contributed by atoms with Gasteiger partial charge in [-0.25, -0.2) is 0 Å². The zero-order chi connectivity index (χ0) is 18.4. The van der Waals surface area contributed by atoms with Gasteiger partial charge in [-0.1, -0.05) is 65.0 Å². The highest BCUT2D eigenvalue weighted by Gasteiger charge is 2.25. The third-order valence-corrected chi connectivity index (χ3v) is 5.23. The molecule has 1 aromatic rings. The molecule has 0 spiro atoms. The fourth-order valence-corrected chi connectivity index (χ4v) is 3.82. The molecule has 0 aromatic heterocycles. The van der Waals surface area contributed by atoms with Crippen LogP contribution in [0.15, 0.2) is 18.2 Å². The van der Waals surface area contributed by atoms with Crippen molar-refractivity contribution >= 4 is 11.5 Å². The summed E-state index contributed by atoms with van der Waals surface area (Å²) in [5, 5.41) is 11.4. The Labute approximate surface area is 151 Å². The lowest BCUT2D eigenvalue weighted by atomic mass is 9.84. The van der Waals surface area contributed by atoms with Crippen LogP contribution in [0.1, 0.15) is 83.3 Å². The van der Waals surface area contributed by atoms with E-state index >= 15 is 0 Å². The summed E-state index contributed by atoms with van der Waals surface area (Å²) in [6, 6.07) is 5.53. The molecule has 0 unspecified atom stereocenters. The highest BCUT2D eigenvalue weighted by atomic mass is 16.6. The van der Waals surface area contributed by atoms with Gasteiger partial charge in [0.05, 0.1) is 4.92 Å². The van der Waals surface area contributed by atoms with Crippen LogP contribution < -0.4 is 0 Å². The van der Waals surface area contributed by atoms with E-state index in [1.54, 1.807) is 6.07 Å². The molecule has 4 heteroatoms. The summed E-state index contributed by atoms with van der Waals surface area (Å²) in [5.41, 5.74) is 1.65. The largest absolute Gasteiger partial charge is 0.300 e. The van der Waals surface area contributed by atoms with E-state index in [4.69, 9.17) is 0 Å². The summed E-state index contributed by atoms with van der Waals surface area (Å²) in [7, 11) is 0. The molecule has 0 radical (unpaired) electrons. The number of rotatable bonds is 7. The van der Waals surface area contributed by atoms with Crippen molar-refractivity contribution in [2.75, 3.05) is 0 Å². The van der Waals surface area contributed by atoms with Gasteiger partial charge in [0.2, 0.25) is 0 Å². The number of benzene rings is 1. The van der Waals surface area contributed by atoms with Gasteiger partial charge in [-0.3, -0.25) is 14.9 Å². The first-order chi connectivity index (χ1) is 11.8. The normalized spacial score (nSPS) is 16.0. The quantitative estimate of drug-likeness (QED) is 0.466. The number of hydrogen-bond donors (Lipinski definition) is 0. The third-order valence-electron chi connectivity index (χ3n) is 5.23. The Balaban J connectivity index is 1.89. The molecule has 0 amide bonds. The number of nitro benzene ring substituents is 1. The maximum absolute atomic E-state index is 12.2. The molecule has 1 aromatic carbocycles. The first-order valence-corrected chi connectivity index (χ1v) is 9.57. The summed E-state index contributed by atoms with van der Waals surface area (Å²) in [6.45, 7) is 5.96. The highest BCUT2D eigenvalue weighted by Crippen LogP contribution is 2.32. The Kier molecular flexibility index (Phi) is 6.74. The maximum atomic E-state index is 12.2. The second kappa shape index (κ2) is 8.59. The minimum atomic E-state index is -0.293. The van der Waals surface area contributed by atoms with Gasteiger partial charge in [-0.15, -0.1) is 0 Å². The Bertz CT molecular complexity index is 610. The average molecular weight is 345 g/mol. The molecule has 0 saturated heterocycles. The molecule has 2 rings (SSSR count). The van der Waals surface area contributed by atoms with Gasteiger partial charge in [0.25, 0.3) is 5.69 Å². The second-order valence-corrected chi connectivity index (χ2v) is 8.46. The predicted octanol–water partition coefficient (Wildman–Crippen LogP) is 5.75. The topological polar surface area (TPSA) is 60.2 Å². The summed E-state index contributed by atoms with van der Waals surface area (Å²) in [4.78, 5) is 23.2. The minimum Gasteiger partial charge on any atom is -0.300 e. The van der Waals surface area contributed by atoms with Crippen LogP contribution in [0.4, 0.5) is 5.69 Å². The number of nitrogens with zero attached hydrogens (tertiary/aromatic N) is 1. The molecule has 0 bridgehead atoms. The van der Waals surface area contributed by atoms with Crippen LogP contribution in [0.3, 0.4) is 0 Å². The number of hydrogen-bond acceptors (Lipinski definition) is 3. The van der Waals surface area contributed by atoms with Crippen molar-refractivity contribution in [3.05, 3.63) is 39.4 Å². The van der Waals surface area contributed by atoms with Crippen molar-refractivity contribution in [2.24, 2.45) is 5.92 Å². The maximum Gasteiger partial charge on any atom is 0.273 e. The van der Waals surface area contributed by atoms with Crippen molar-refractivity contribution in [3.8, 4) is 0 Å². The smallest absolute Gasteiger partial charge is 0.273 e. The van der Waals surface area contributed by atoms with Crippen LogP contribution in [-0.4, -0.2) is 10.7 Å². The highest BCUT2D eigenvalue weighted by molar-refractivity contribution is 5.78. The SMILES string of the molecule is CC(C)(C)c1ccc(CCCC(=O)CC2CCCCC2)cc1[N+](=O)[O-]. The Hall–Kier alpha value is -1.71. The van der Waals surface area contributed by atoms with Crippen LogP contribution >= 0.6 is 0 Å². The number of nitro groups is 1. The molecule has 1 aliphatic rings. The van der Waals surface area contributed by atoms with Crippen molar-refractivity contribution in [1.29, 1.82) is 0 Å². The van der Waals surface area contributed by atoms with E-state index in [1.165, 1.54) is 32.1 Å². The molecule has 1 saturated carbocycles. The van der Waals surface area contributed by atoms with Gasteiger partial charge in [-0.2, -0.15) is 0 Å². The summed E-state index contributed by atoms with van der Waals surface area (Å²) in [6.07, 6.45) is 9.06. The van der Waals surface area contributed by atoms with Crippen molar-refractivity contribution in [3.63, 3.8) is 0 Å². The van der Waals surface area contributed by atoms with E-state index in [9.17, 15) is 14.9 Å². The summed E-state index contributed by atoms with van der Waals surface area (Å²) >= 11 is 0. The summed E-state index contributed by atoms with van der Waals surface area (Å²) < 4.78 is 0. The summed E-state index contributed by atoms with van der Waals surface area (Å²) in [5.74, 6) is 0.945. The van der Waals surface area contributed by atoms with E-state index in [1.807, 2.05) is 32.9 Å². The molecule has 138 valence electrons. The Morgan fingerprint density at radius 1 is 1.20 bits per heavy atom. The molecular weight excluding hydrogens is 314 g/mol. The Morgan fingerprint density at radius 2 is 1.88 bits per heavy atom. The average Bonchev–Trinajstić information content (AvgIpc) is 2.54. The number of Topliss-reactive ketones (excluding diaryl/α,β-unsaturated/α-hetero) is 1. The molecule has 1 aliphatic carbocycles. The fourth-order valence-electron chi connectivity index (χ4n) is 3.82. The van der Waals surface area contributed by atoms with Crippen LogP contribution in [-0.2, 0) is 16.6 Å². The van der Waals surface area contributed by atoms with Crippen LogP contribution in [0.25, 0.3) is 0 Å². The van der Waals surface area contributed by atoms with Gasteiger partial charge in [0.1, 0.15) is 5.78 Å². The minimum absolute atomic E-state index is 0.193. The van der Waals surface area contributed by atoms with E-state index in [2.05, 4.69) is 0 Å². The fraction of sp³-hybridized carbons (Fsp3) is 0.667. The second-order valence-electron chi connectivity index (χ2n) is 8.46. The van der Waals surface area contributed by atoms with Gasteiger partial charge < -0.3 is 0 Å². The van der Waals surface area contributed by atoms with Gasteiger partial charge in [0.15, 0.2) is 0 Å². The molecular formula is C21H31NO3. The van der Waals surface area contributed by atoms with Crippen LogP contribution in [0.2, 0.25) is 0 Å². The number of carbonyl (C=O) groups is 1. The first kappa shape index (κ1) is 19.6. The van der Waals surface area contributed by atoms with Gasteiger partial charge >= 0.3 is 0 Å². The predicted molar refractivity (Wildman–Crippen MR) is 101 cm³/mol. The van der Waals surface area contributed by atoms with E-state index in [0.29, 0.717) is 18.1 Å². The number of ketones is 1. The molecule has 25 heavy (non-hydrogen) atoms. The van der Waals surface area contributed by atoms with E-state index < -0.39 is 0 Å². The molecule has 0 atom stereocenters. The van der Waals surface area contributed by atoms with Crippen molar-refractivity contribution in [1.82, 2.24) is 0 Å². The molecule has 1 fully saturated rings. The zero-order valence-electron chi connectivity index (χ0n) is 15.8. The van der Waals surface area contributed by atoms with Crippen LogP contribution in [0, 0.1) is 16.0 Å². The molecule has 0 aliphatic heterocycles. The monoisotopic (exact) mass is 345 g/mol. The standard InChI is InChI=1S/C21H31NO3/c1-21(2,3)19-13-12-17(15-20(19)22(24)25)10-7-11-18(23)14-16-8-5-4-6-9-16/h12-13,15-16H,4-11,14H2,1-3H3. The zero-order valence-corrected chi connectivity index (χ0v) is 15.8. The Morgan fingerprint density at radius 3 is 2.48 bits per heavy atom. The van der Waals surface area contributed by atoms with Gasteiger partial charge in [-0.05, 0) is 29.7 Å². The molecule has 4 nitrogen and oxygen atoms in total. The third kappa shape index (κ3) is 5.94. The lowest BCUT2D eigenvalue weighted by Gasteiger charge is -2.20. The number of aryl methyl sites for hydroxylation is 1. The van der Waals surface area contributed by atoms with Gasteiger partial charge in [0, 0.05) is 24.5 Å². The lowest BCUT2D eigenvalue weighted by molar-refractivity contribution is -0.386. The molecule has 0 heterocycles. The van der Waals surface area contributed by atoms with Crippen molar-refractivity contribution in [2.45, 2.75) is 84.0 Å². The van der Waals surface area contributed by atoms with Crippen molar-refractivity contribution < 1.29 is 9.72 Å². The van der Waals surface area contributed by atoms with E-state index in [-0.39, 0.29) is 16.0 Å².